The molecule has 0 bridgehead atoms. The molecule has 4 nitrogen and oxygen atoms in total. The van der Waals surface area contributed by atoms with Crippen LogP contribution in [0.15, 0.2) is 0 Å². The van der Waals surface area contributed by atoms with E-state index < -0.39 is 7.60 Å². The van der Waals surface area contributed by atoms with Crippen molar-refractivity contribution in [3.63, 3.8) is 0 Å². The Hall–Kier alpha value is -0.180. The number of carbonyl (C=O) groups excluding carboxylic acids is 1. The van der Waals surface area contributed by atoms with Crippen molar-refractivity contribution in [1.82, 2.24) is 0 Å². The summed E-state index contributed by atoms with van der Waals surface area (Å²) in [5.74, 6) is 0.397. The summed E-state index contributed by atoms with van der Waals surface area (Å²) < 4.78 is 22.8. The molecule has 0 fully saturated rings. The minimum Gasteiger partial charge on any atom is -0.309 e. The van der Waals surface area contributed by atoms with Crippen LogP contribution >= 0.6 is 7.60 Å². The zero-order chi connectivity index (χ0) is 13.3. The number of ketones is 1. The van der Waals surface area contributed by atoms with E-state index in [9.17, 15) is 9.36 Å². The number of hydrogen-bond acceptors (Lipinski definition) is 4. The molecule has 5 heteroatoms. The molecule has 0 spiro atoms. The van der Waals surface area contributed by atoms with Crippen LogP contribution in [-0.4, -0.2) is 25.2 Å². The molecule has 0 radical (unpaired) electrons. The Kier molecular flexibility index (Phi) is 8.75. The molecule has 1 atom stereocenters. The van der Waals surface area contributed by atoms with Gasteiger partial charge in [0.15, 0.2) is 0 Å². The van der Waals surface area contributed by atoms with Crippen LogP contribution < -0.4 is 0 Å². The molecule has 0 aromatic carbocycles. The SMILES string of the molecule is CCOP(=O)(CC(CC)CCC(C)=O)OCC. The van der Waals surface area contributed by atoms with Gasteiger partial charge in [0, 0.05) is 6.42 Å². The molecule has 0 rings (SSSR count). The van der Waals surface area contributed by atoms with Crippen LogP contribution in [0.3, 0.4) is 0 Å². The van der Waals surface area contributed by atoms with E-state index in [-0.39, 0.29) is 11.7 Å². The second-order valence-corrected chi connectivity index (χ2v) is 6.25. The van der Waals surface area contributed by atoms with Crippen LogP contribution in [0.4, 0.5) is 0 Å². The third-order valence-electron chi connectivity index (χ3n) is 2.62. The summed E-state index contributed by atoms with van der Waals surface area (Å²) in [6.45, 7) is 8.01. The lowest BCUT2D eigenvalue weighted by Gasteiger charge is -2.22. The molecule has 0 aliphatic carbocycles. The van der Waals surface area contributed by atoms with Crippen molar-refractivity contribution in [3.8, 4) is 0 Å². The lowest BCUT2D eigenvalue weighted by Crippen LogP contribution is -2.11. The van der Waals surface area contributed by atoms with Crippen molar-refractivity contribution in [2.75, 3.05) is 19.4 Å². The van der Waals surface area contributed by atoms with Crippen molar-refractivity contribution >= 4 is 13.4 Å². The first kappa shape index (κ1) is 16.8. The van der Waals surface area contributed by atoms with Crippen molar-refractivity contribution < 1.29 is 18.4 Å². The van der Waals surface area contributed by atoms with E-state index in [2.05, 4.69) is 0 Å². The van der Waals surface area contributed by atoms with E-state index in [0.29, 0.717) is 25.8 Å². The van der Waals surface area contributed by atoms with E-state index in [4.69, 9.17) is 9.05 Å². The lowest BCUT2D eigenvalue weighted by atomic mass is 10.0. The highest BCUT2D eigenvalue weighted by Gasteiger charge is 2.27. The van der Waals surface area contributed by atoms with Crippen LogP contribution in [0.25, 0.3) is 0 Å². The van der Waals surface area contributed by atoms with E-state index >= 15 is 0 Å². The summed E-state index contributed by atoms with van der Waals surface area (Å²) in [6, 6.07) is 0. The molecule has 17 heavy (non-hydrogen) atoms. The maximum absolute atomic E-state index is 12.3. The molecule has 0 aromatic rings. The number of rotatable bonds is 10. The molecule has 0 amide bonds. The molecule has 1 unspecified atom stereocenters. The van der Waals surface area contributed by atoms with Gasteiger partial charge in [0.05, 0.1) is 19.4 Å². The largest absolute Gasteiger partial charge is 0.330 e. The average Bonchev–Trinajstić information content (AvgIpc) is 2.24. The number of Topliss-reactive ketones (excluding diaryl/α,β-unsaturated/α-hetero) is 1. The maximum Gasteiger partial charge on any atom is 0.330 e. The molecule has 0 aliphatic rings. The molecule has 0 saturated carbocycles. The summed E-state index contributed by atoms with van der Waals surface area (Å²) in [7, 11) is -2.96. The quantitative estimate of drug-likeness (QED) is 0.565. The first-order valence-electron chi connectivity index (χ1n) is 6.35. The summed E-state index contributed by atoms with van der Waals surface area (Å²) in [5.41, 5.74) is 0. The summed E-state index contributed by atoms with van der Waals surface area (Å²) in [6.07, 6.45) is 2.60. The highest BCUT2D eigenvalue weighted by Crippen LogP contribution is 2.50. The van der Waals surface area contributed by atoms with Gasteiger partial charge in [-0.2, -0.15) is 0 Å². The standard InChI is InChI=1S/C12H25O4P/c1-5-12(9-8-11(4)13)10-17(14,15-6-2)16-7-3/h12H,5-10H2,1-4H3. The Labute approximate surface area is 105 Å². The molecule has 0 N–H and O–H groups in total. The predicted octanol–water partition coefficient (Wildman–Crippen LogP) is 3.65. The fraction of sp³-hybridized carbons (Fsp3) is 0.917. The van der Waals surface area contributed by atoms with Crippen LogP contribution in [0.1, 0.15) is 47.0 Å². The maximum atomic E-state index is 12.3. The molecule has 0 aliphatic heterocycles. The third-order valence-corrected chi connectivity index (χ3v) is 4.88. The zero-order valence-corrected chi connectivity index (χ0v) is 12.3. The second-order valence-electron chi connectivity index (χ2n) is 4.14. The molecule has 0 saturated heterocycles. The van der Waals surface area contributed by atoms with Gasteiger partial charge in [-0.05, 0) is 33.1 Å². The van der Waals surface area contributed by atoms with Gasteiger partial charge in [-0.3, -0.25) is 4.57 Å². The zero-order valence-electron chi connectivity index (χ0n) is 11.4. The molecular weight excluding hydrogens is 239 g/mol. The van der Waals surface area contributed by atoms with Gasteiger partial charge in [-0.25, -0.2) is 0 Å². The van der Waals surface area contributed by atoms with Crippen molar-refractivity contribution in [2.45, 2.75) is 47.0 Å². The Balaban J connectivity index is 4.37. The van der Waals surface area contributed by atoms with Crippen molar-refractivity contribution in [3.05, 3.63) is 0 Å². The monoisotopic (exact) mass is 264 g/mol. The fourth-order valence-corrected chi connectivity index (χ4v) is 3.83. The smallest absolute Gasteiger partial charge is 0.309 e. The minimum atomic E-state index is -2.96. The van der Waals surface area contributed by atoms with Crippen LogP contribution in [0, 0.1) is 5.92 Å². The normalized spacial score (nSPS) is 13.6. The second kappa shape index (κ2) is 8.84. The molecule has 0 aromatic heterocycles. The van der Waals surface area contributed by atoms with E-state index in [0.717, 1.165) is 12.8 Å². The van der Waals surface area contributed by atoms with Gasteiger partial charge in [0.25, 0.3) is 0 Å². The van der Waals surface area contributed by atoms with Gasteiger partial charge in [-0.1, -0.05) is 13.3 Å². The van der Waals surface area contributed by atoms with Gasteiger partial charge in [0.1, 0.15) is 5.78 Å². The van der Waals surface area contributed by atoms with E-state index in [1.807, 2.05) is 20.8 Å². The first-order chi connectivity index (χ1) is 7.97. The number of carbonyl (C=O) groups is 1. The van der Waals surface area contributed by atoms with Crippen molar-refractivity contribution in [1.29, 1.82) is 0 Å². The van der Waals surface area contributed by atoms with E-state index in [1.165, 1.54) is 0 Å². The number of hydrogen-bond donors (Lipinski definition) is 0. The Morgan fingerprint density at radius 1 is 1.18 bits per heavy atom. The summed E-state index contributed by atoms with van der Waals surface area (Å²) in [5, 5.41) is 0. The molecular formula is C12H25O4P. The van der Waals surface area contributed by atoms with Crippen LogP contribution in [0.5, 0.6) is 0 Å². The predicted molar refractivity (Wildman–Crippen MR) is 69.4 cm³/mol. The molecule has 102 valence electrons. The average molecular weight is 264 g/mol. The highest BCUT2D eigenvalue weighted by molar-refractivity contribution is 7.53. The first-order valence-corrected chi connectivity index (χ1v) is 8.07. The Morgan fingerprint density at radius 3 is 2.06 bits per heavy atom. The van der Waals surface area contributed by atoms with Crippen molar-refractivity contribution in [2.24, 2.45) is 5.92 Å². The Bertz CT molecular complexity index is 255. The van der Waals surface area contributed by atoms with E-state index in [1.54, 1.807) is 6.92 Å². The van der Waals surface area contributed by atoms with Crippen LogP contribution in [-0.2, 0) is 18.4 Å². The van der Waals surface area contributed by atoms with Gasteiger partial charge >= 0.3 is 7.60 Å². The molecule has 0 heterocycles. The highest BCUT2D eigenvalue weighted by atomic mass is 31.2. The van der Waals surface area contributed by atoms with Gasteiger partial charge in [-0.15, -0.1) is 0 Å². The van der Waals surface area contributed by atoms with Gasteiger partial charge < -0.3 is 13.8 Å². The lowest BCUT2D eigenvalue weighted by molar-refractivity contribution is -0.117. The summed E-state index contributed by atoms with van der Waals surface area (Å²) >= 11 is 0. The fourth-order valence-electron chi connectivity index (χ4n) is 1.68. The summed E-state index contributed by atoms with van der Waals surface area (Å²) in [4.78, 5) is 10.9. The Morgan fingerprint density at radius 2 is 1.71 bits per heavy atom. The van der Waals surface area contributed by atoms with Gasteiger partial charge in [0.2, 0.25) is 0 Å². The third kappa shape index (κ3) is 7.69. The minimum absolute atomic E-state index is 0.172. The topological polar surface area (TPSA) is 52.6 Å². The van der Waals surface area contributed by atoms with Crippen LogP contribution in [0.2, 0.25) is 0 Å².